The summed E-state index contributed by atoms with van der Waals surface area (Å²) >= 11 is 0. The number of anilines is 1. The molecule has 102 valence electrons. The van der Waals surface area contributed by atoms with Crippen LogP contribution in [0, 0.1) is 11.3 Å². The van der Waals surface area contributed by atoms with Crippen LogP contribution in [0.3, 0.4) is 0 Å². The zero-order valence-corrected chi connectivity index (χ0v) is 11.3. The van der Waals surface area contributed by atoms with E-state index < -0.39 is 0 Å². The molecule has 0 bridgehead atoms. The Labute approximate surface area is 114 Å². The molecule has 0 aromatic heterocycles. The second kappa shape index (κ2) is 7.01. The van der Waals surface area contributed by atoms with Crippen LogP contribution in [-0.2, 0) is 6.42 Å². The monoisotopic (exact) mass is 259 g/mol. The molecule has 0 radical (unpaired) electrons. The Hall–Kier alpha value is -1.73. The predicted octanol–water partition coefficient (Wildman–Crippen LogP) is 2.20. The number of nitriles is 1. The number of benzene rings is 1. The molecule has 0 unspecified atom stereocenters. The number of nitrogen functional groups attached to an aromatic ring is 1. The van der Waals surface area contributed by atoms with Crippen LogP contribution in [0.25, 0.3) is 0 Å². The Balaban J connectivity index is 1.82. The van der Waals surface area contributed by atoms with Gasteiger partial charge in [0.15, 0.2) is 0 Å². The molecular weight excluding hydrogens is 238 g/mol. The minimum atomic E-state index is 0.329. The normalized spacial score (nSPS) is 15.9. The van der Waals surface area contributed by atoms with Gasteiger partial charge in [0.25, 0.3) is 0 Å². The van der Waals surface area contributed by atoms with E-state index in [1.165, 1.54) is 32.4 Å². The fraction of sp³-hybridized carbons (Fsp3) is 0.533. The Morgan fingerprint density at radius 3 is 2.79 bits per heavy atom. The molecule has 19 heavy (non-hydrogen) atoms. The zero-order valence-electron chi connectivity index (χ0n) is 11.3. The highest BCUT2D eigenvalue weighted by atomic mass is 16.5. The van der Waals surface area contributed by atoms with E-state index in [0.717, 1.165) is 17.9 Å². The van der Waals surface area contributed by atoms with E-state index in [9.17, 15) is 0 Å². The molecule has 1 heterocycles. The Kier molecular flexibility index (Phi) is 5.05. The third-order valence-corrected chi connectivity index (χ3v) is 3.51. The molecule has 1 saturated heterocycles. The molecule has 1 aromatic carbocycles. The summed E-state index contributed by atoms with van der Waals surface area (Å²) in [6.45, 7) is 4.03. The molecule has 1 aliphatic rings. The Morgan fingerprint density at radius 1 is 1.26 bits per heavy atom. The minimum absolute atomic E-state index is 0.329. The fourth-order valence-corrected chi connectivity index (χ4v) is 2.39. The highest BCUT2D eigenvalue weighted by molar-refractivity contribution is 5.51. The molecule has 0 aliphatic carbocycles. The van der Waals surface area contributed by atoms with Gasteiger partial charge in [-0.2, -0.15) is 5.26 Å². The van der Waals surface area contributed by atoms with Crippen LogP contribution in [0.1, 0.15) is 24.8 Å². The van der Waals surface area contributed by atoms with Crippen molar-refractivity contribution in [2.45, 2.75) is 25.7 Å². The average molecular weight is 259 g/mol. The Bertz CT molecular complexity index is 447. The van der Waals surface area contributed by atoms with Crippen LogP contribution < -0.4 is 10.5 Å². The first kappa shape index (κ1) is 13.7. The van der Waals surface area contributed by atoms with Crippen LogP contribution in [0.5, 0.6) is 5.75 Å². The van der Waals surface area contributed by atoms with Crippen molar-refractivity contribution in [3.63, 3.8) is 0 Å². The quantitative estimate of drug-likeness (QED) is 0.823. The summed E-state index contributed by atoms with van der Waals surface area (Å²) in [4.78, 5) is 2.44. The zero-order chi connectivity index (χ0) is 13.5. The second-order valence-corrected chi connectivity index (χ2v) is 4.95. The number of nitrogens with two attached hydrogens (primary N) is 1. The van der Waals surface area contributed by atoms with Gasteiger partial charge in [0.05, 0.1) is 12.5 Å². The summed E-state index contributed by atoms with van der Waals surface area (Å²) in [7, 11) is 0. The predicted molar refractivity (Wildman–Crippen MR) is 76.0 cm³/mol. The summed E-state index contributed by atoms with van der Waals surface area (Å²) in [5, 5.41) is 8.73. The number of likely N-dealkylation sites (tertiary alicyclic amines) is 1. The van der Waals surface area contributed by atoms with Gasteiger partial charge in [0, 0.05) is 12.2 Å². The van der Waals surface area contributed by atoms with Crippen LogP contribution in [0.4, 0.5) is 5.69 Å². The molecule has 1 aliphatic heterocycles. The topological polar surface area (TPSA) is 62.3 Å². The van der Waals surface area contributed by atoms with Crippen molar-refractivity contribution in [3.05, 3.63) is 23.8 Å². The lowest BCUT2D eigenvalue weighted by Crippen LogP contribution is -2.33. The Morgan fingerprint density at radius 2 is 2.05 bits per heavy atom. The second-order valence-electron chi connectivity index (χ2n) is 4.95. The van der Waals surface area contributed by atoms with E-state index in [1.807, 2.05) is 18.2 Å². The number of hydrogen-bond acceptors (Lipinski definition) is 4. The first-order valence-corrected chi connectivity index (χ1v) is 6.90. The number of piperidine rings is 1. The summed E-state index contributed by atoms with van der Waals surface area (Å²) in [5.74, 6) is 0.802. The van der Waals surface area contributed by atoms with Crippen LogP contribution in [0.2, 0.25) is 0 Å². The van der Waals surface area contributed by atoms with Gasteiger partial charge in [-0.3, -0.25) is 4.90 Å². The maximum Gasteiger partial charge on any atom is 0.119 e. The molecule has 1 fully saturated rings. The highest BCUT2D eigenvalue weighted by Gasteiger charge is 2.09. The number of ether oxygens (including phenoxy) is 1. The van der Waals surface area contributed by atoms with Crippen molar-refractivity contribution in [2.24, 2.45) is 0 Å². The lowest BCUT2D eigenvalue weighted by atomic mass is 10.1. The molecule has 0 atom stereocenters. The fourth-order valence-electron chi connectivity index (χ4n) is 2.39. The summed E-state index contributed by atoms with van der Waals surface area (Å²) in [6, 6.07) is 7.66. The van der Waals surface area contributed by atoms with Gasteiger partial charge in [-0.15, -0.1) is 0 Å². The van der Waals surface area contributed by atoms with Crippen molar-refractivity contribution in [3.8, 4) is 11.8 Å². The first-order chi connectivity index (χ1) is 9.29. The third-order valence-electron chi connectivity index (χ3n) is 3.51. The van der Waals surface area contributed by atoms with E-state index in [1.54, 1.807) is 0 Å². The largest absolute Gasteiger partial charge is 0.492 e. The van der Waals surface area contributed by atoms with E-state index in [0.29, 0.717) is 18.7 Å². The van der Waals surface area contributed by atoms with Crippen LogP contribution in [-0.4, -0.2) is 31.1 Å². The van der Waals surface area contributed by atoms with Crippen molar-refractivity contribution < 1.29 is 4.74 Å². The molecular formula is C15H21N3O. The molecule has 1 aromatic rings. The van der Waals surface area contributed by atoms with Gasteiger partial charge >= 0.3 is 0 Å². The van der Waals surface area contributed by atoms with E-state index >= 15 is 0 Å². The molecule has 0 spiro atoms. The third kappa shape index (κ3) is 4.15. The summed E-state index contributed by atoms with van der Waals surface area (Å²) in [6.07, 6.45) is 4.28. The average Bonchev–Trinajstić information content (AvgIpc) is 2.44. The van der Waals surface area contributed by atoms with Gasteiger partial charge in [-0.1, -0.05) is 6.42 Å². The van der Waals surface area contributed by atoms with Crippen molar-refractivity contribution >= 4 is 5.69 Å². The van der Waals surface area contributed by atoms with Crippen molar-refractivity contribution in [1.82, 2.24) is 4.90 Å². The molecule has 2 N–H and O–H groups in total. The number of nitrogens with zero attached hydrogens (tertiary/aromatic N) is 2. The number of hydrogen-bond donors (Lipinski definition) is 1. The lowest BCUT2D eigenvalue weighted by molar-refractivity contribution is 0.183. The maximum atomic E-state index is 8.73. The van der Waals surface area contributed by atoms with Crippen molar-refractivity contribution in [2.75, 3.05) is 32.0 Å². The molecule has 4 nitrogen and oxygen atoms in total. The number of rotatable bonds is 5. The van der Waals surface area contributed by atoms with E-state index in [-0.39, 0.29) is 0 Å². The van der Waals surface area contributed by atoms with Gasteiger partial charge < -0.3 is 10.5 Å². The van der Waals surface area contributed by atoms with E-state index in [4.69, 9.17) is 15.7 Å². The molecule has 2 rings (SSSR count). The maximum absolute atomic E-state index is 8.73. The molecule has 0 saturated carbocycles. The van der Waals surface area contributed by atoms with Crippen LogP contribution in [0.15, 0.2) is 18.2 Å². The molecule has 4 heteroatoms. The van der Waals surface area contributed by atoms with Crippen LogP contribution >= 0.6 is 0 Å². The highest BCUT2D eigenvalue weighted by Crippen LogP contribution is 2.20. The lowest BCUT2D eigenvalue weighted by Gasteiger charge is -2.26. The summed E-state index contributed by atoms with van der Waals surface area (Å²) in [5.41, 5.74) is 7.31. The minimum Gasteiger partial charge on any atom is -0.492 e. The van der Waals surface area contributed by atoms with Gasteiger partial charge in [0.2, 0.25) is 0 Å². The van der Waals surface area contributed by atoms with Gasteiger partial charge in [-0.05, 0) is 49.7 Å². The summed E-state index contributed by atoms with van der Waals surface area (Å²) < 4.78 is 5.74. The van der Waals surface area contributed by atoms with Crippen molar-refractivity contribution in [1.29, 1.82) is 5.26 Å². The van der Waals surface area contributed by atoms with E-state index in [2.05, 4.69) is 11.0 Å². The smallest absolute Gasteiger partial charge is 0.119 e. The molecule has 0 amide bonds. The first-order valence-electron chi connectivity index (χ1n) is 6.90. The van der Waals surface area contributed by atoms with Gasteiger partial charge in [0.1, 0.15) is 12.4 Å². The van der Waals surface area contributed by atoms with Gasteiger partial charge in [-0.25, -0.2) is 0 Å². The standard InChI is InChI=1S/C15H21N3O/c16-7-6-13-12-14(4-5-15(13)17)19-11-10-18-8-2-1-3-9-18/h4-5,12H,1-3,6,8-11,17H2. The SMILES string of the molecule is N#CCc1cc(OCCN2CCCCC2)ccc1N.